The largest absolute Gasteiger partial charge is 0.341 e. The molecule has 2 aromatic rings. The molecule has 110 valence electrons. The first-order valence-corrected chi connectivity index (χ1v) is 7.78. The molecule has 0 atom stereocenters. The van der Waals surface area contributed by atoms with Gasteiger partial charge in [0.05, 0.1) is 5.75 Å². The van der Waals surface area contributed by atoms with Gasteiger partial charge in [0.25, 0.3) is 0 Å². The summed E-state index contributed by atoms with van der Waals surface area (Å²) < 4.78 is 12.8. The van der Waals surface area contributed by atoms with Crippen LogP contribution in [0.1, 0.15) is 5.56 Å². The summed E-state index contributed by atoms with van der Waals surface area (Å²) in [5, 5.41) is 0.661. The van der Waals surface area contributed by atoms with Crippen LogP contribution in [0, 0.1) is 5.82 Å². The highest BCUT2D eigenvalue weighted by molar-refractivity contribution is 8.00. The number of nitrogens with zero attached hydrogens (tertiary/aromatic N) is 1. The Kier molecular flexibility index (Phi) is 5.65. The number of hydrogen-bond acceptors (Lipinski definition) is 2. The van der Waals surface area contributed by atoms with Crippen molar-refractivity contribution < 1.29 is 9.18 Å². The van der Waals surface area contributed by atoms with Gasteiger partial charge in [-0.25, -0.2) is 4.39 Å². The van der Waals surface area contributed by atoms with Crippen LogP contribution in [0.25, 0.3) is 0 Å². The molecule has 5 heteroatoms. The number of rotatable bonds is 5. The zero-order valence-electron chi connectivity index (χ0n) is 11.6. The molecule has 0 saturated heterocycles. The fourth-order valence-electron chi connectivity index (χ4n) is 1.78. The monoisotopic (exact) mass is 323 g/mol. The number of carbonyl (C=O) groups excluding carboxylic acids is 1. The highest BCUT2D eigenvalue weighted by Crippen LogP contribution is 2.19. The van der Waals surface area contributed by atoms with E-state index in [1.807, 2.05) is 18.2 Å². The minimum absolute atomic E-state index is 0.0179. The van der Waals surface area contributed by atoms with Gasteiger partial charge in [-0.1, -0.05) is 23.7 Å². The zero-order valence-corrected chi connectivity index (χ0v) is 13.1. The molecule has 0 saturated carbocycles. The highest BCUT2D eigenvalue weighted by atomic mass is 35.5. The Balaban J connectivity index is 1.86. The first-order valence-electron chi connectivity index (χ1n) is 6.41. The summed E-state index contributed by atoms with van der Waals surface area (Å²) in [6, 6.07) is 13.6. The molecule has 0 aliphatic heterocycles. The second kappa shape index (κ2) is 7.48. The average molecular weight is 324 g/mol. The van der Waals surface area contributed by atoms with E-state index in [0.29, 0.717) is 17.3 Å². The maximum Gasteiger partial charge on any atom is 0.232 e. The van der Waals surface area contributed by atoms with Crippen LogP contribution < -0.4 is 0 Å². The molecule has 2 nitrogen and oxygen atoms in total. The van der Waals surface area contributed by atoms with Gasteiger partial charge in [0.15, 0.2) is 0 Å². The summed E-state index contributed by atoms with van der Waals surface area (Å²) in [5.74, 6) is 0.0657. The molecule has 1 amide bonds. The summed E-state index contributed by atoms with van der Waals surface area (Å²) in [4.78, 5) is 14.6. The van der Waals surface area contributed by atoms with Crippen LogP contribution in [0.3, 0.4) is 0 Å². The second-order valence-corrected chi connectivity index (χ2v) is 6.11. The summed E-state index contributed by atoms with van der Waals surface area (Å²) in [6.45, 7) is 0.517. The lowest BCUT2D eigenvalue weighted by Gasteiger charge is -2.17. The van der Waals surface area contributed by atoms with Crippen molar-refractivity contribution in [3.8, 4) is 0 Å². The van der Waals surface area contributed by atoms with Gasteiger partial charge in [-0.15, -0.1) is 11.8 Å². The van der Waals surface area contributed by atoms with E-state index >= 15 is 0 Å². The summed E-state index contributed by atoms with van der Waals surface area (Å²) >= 11 is 7.32. The van der Waals surface area contributed by atoms with Crippen molar-refractivity contribution in [2.75, 3.05) is 12.8 Å². The van der Waals surface area contributed by atoms with Gasteiger partial charge >= 0.3 is 0 Å². The lowest BCUT2D eigenvalue weighted by Crippen LogP contribution is -2.27. The third-order valence-corrected chi connectivity index (χ3v) is 4.14. The van der Waals surface area contributed by atoms with E-state index in [4.69, 9.17) is 11.6 Å². The fourth-order valence-corrected chi connectivity index (χ4v) is 2.84. The Hall–Kier alpha value is -1.52. The van der Waals surface area contributed by atoms with Crippen molar-refractivity contribution in [1.29, 1.82) is 0 Å². The molecule has 0 heterocycles. The van der Waals surface area contributed by atoms with Gasteiger partial charge in [-0.2, -0.15) is 0 Å². The number of benzene rings is 2. The number of amides is 1. The maximum atomic E-state index is 12.8. The minimum Gasteiger partial charge on any atom is -0.341 e. The molecule has 0 spiro atoms. The Bertz CT molecular complexity index is 618. The van der Waals surface area contributed by atoms with E-state index < -0.39 is 0 Å². The molecule has 0 fully saturated rings. The molecule has 0 bridgehead atoms. The van der Waals surface area contributed by atoms with Gasteiger partial charge in [-0.05, 0) is 42.0 Å². The lowest BCUT2D eigenvalue weighted by molar-refractivity contribution is -0.127. The van der Waals surface area contributed by atoms with E-state index in [9.17, 15) is 9.18 Å². The van der Waals surface area contributed by atoms with Gasteiger partial charge in [0.1, 0.15) is 5.82 Å². The van der Waals surface area contributed by atoms with Gasteiger partial charge in [0.2, 0.25) is 5.91 Å². The Morgan fingerprint density at radius 1 is 1.24 bits per heavy atom. The number of carbonyl (C=O) groups is 1. The number of thioether (sulfide) groups is 1. The van der Waals surface area contributed by atoms with Crippen LogP contribution in [0.15, 0.2) is 53.4 Å². The average Bonchev–Trinajstić information content (AvgIpc) is 2.46. The van der Waals surface area contributed by atoms with Crippen molar-refractivity contribution in [2.45, 2.75) is 11.4 Å². The number of halogens is 2. The van der Waals surface area contributed by atoms with Crippen LogP contribution in [0.4, 0.5) is 4.39 Å². The predicted octanol–water partition coefficient (Wildman–Crippen LogP) is 4.23. The third-order valence-electron chi connectivity index (χ3n) is 2.91. The summed E-state index contributed by atoms with van der Waals surface area (Å²) in [5.41, 5.74) is 0.991. The molecule has 0 radical (unpaired) electrons. The first-order chi connectivity index (χ1) is 10.0. The van der Waals surface area contributed by atoms with Crippen LogP contribution in [0.2, 0.25) is 5.02 Å². The molecule has 0 aliphatic carbocycles. The van der Waals surface area contributed by atoms with Crippen molar-refractivity contribution >= 4 is 29.3 Å². The summed E-state index contributed by atoms with van der Waals surface area (Å²) in [6.07, 6.45) is 0. The molecule has 0 aromatic heterocycles. The molecule has 0 unspecified atom stereocenters. The van der Waals surface area contributed by atoms with Crippen molar-refractivity contribution in [1.82, 2.24) is 4.90 Å². The first kappa shape index (κ1) is 15.9. The molecule has 0 N–H and O–H groups in total. The zero-order chi connectivity index (χ0) is 15.2. The minimum atomic E-state index is -0.274. The van der Waals surface area contributed by atoms with Crippen molar-refractivity contribution in [3.63, 3.8) is 0 Å². The highest BCUT2D eigenvalue weighted by Gasteiger charge is 2.10. The molecule has 0 aliphatic rings. The van der Waals surface area contributed by atoms with Crippen LogP contribution in [-0.4, -0.2) is 23.6 Å². The smallest absolute Gasteiger partial charge is 0.232 e. The summed E-state index contributed by atoms with van der Waals surface area (Å²) in [7, 11) is 1.76. The predicted molar refractivity (Wildman–Crippen MR) is 85.1 cm³/mol. The van der Waals surface area contributed by atoms with E-state index in [-0.39, 0.29) is 11.7 Å². The SMILES string of the molecule is CN(Cc1cccc(Cl)c1)C(=O)CSc1ccc(F)cc1. The Morgan fingerprint density at radius 3 is 2.62 bits per heavy atom. The van der Waals surface area contributed by atoms with E-state index in [2.05, 4.69) is 0 Å². The Labute approximate surface area is 132 Å². The normalized spacial score (nSPS) is 10.4. The number of hydrogen-bond donors (Lipinski definition) is 0. The van der Waals surface area contributed by atoms with Crippen molar-refractivity contribution in [3.05, 3.63) is 64.9 Å². The maximum absolute atomic E-state index is 12.8. The van der Waals surface area contributed by atoms with Gasteiger partial charge in [0, 0.05) is 23.5 Å². The van der Waals surface area contributed by atoms with Crippen LogP contribution >= 0.6 is 23.4 Å². The second-order valence-electron chi connectivity index (χ2n) is 4.62. The van der Waals surface area contributed by atoms with Gasteiger partial charge < -0.3 is 4.90 Å². The topological polar surface area (TPSA) is 20.3 Å². The molecule has 2 rings (SSSR count). The quantitative estimate of drug-likeness (QED) is 0.767. The fraction of sp³-hybridized carbons (Fsp3) is 0.188. The molecule has 21 heavy (non-hydrogen) atoms. The van der Waals surface area contributed by atoms with E-state index in [1.54, 1.807) is 30.1 Å². The van der Waals surface area contributed by atoms with E-state index in [1.165, 1.54) is 23.9 Å². The van der Waals surface area contributed by atoms with Gasteiger partial charge in [-0.3, -0.25) is 4.79 Å². The van der Waals surface area contributed by atoms with Crippen molar-refractivity contribution in [2.24, 2.45) is 0 Å². The molecular weight excluding hydrogens is 309 g/mol. The Morgan fingerprint density at radius 2 is 1.95 bits per heavy atom. The van der Waals surface area contributed by atoms with E-state index in [0.717, 1.165) is 10.5 Å². The molecular formula is C16H15ClFNOS. The lowest BCUT2D eigenvalue weighted by atomic mass is 10.2. The molecule has 2 aromatic carbocycles. The third kappa shape index (κ3) is 5.06. The van der Waals surface area contributed by atoms with Crippen LogP contribution in [-0.2, 0) is 11.3 Å². The standard InChI is InChI=1S/C16H15ClFNOS/c1-19(10-12-3-2-4-13(17)9-12)16(20)11-21-15-7-5-14(18)6-8-15/h2-9H,10-11H2,1H3. The van der Waals surface area contributed by atoms with Crippen LogP contribution in [0.5, 0.6) is 0 Å².